The van der Waals surface area contributed by atoms with Crippen LogP contribution in [0.2, 0.25) is 0 Å². The lowest BCUT2D eigenvalue weighted by atomic mass is 9.85. The van der Waals surface area contributed by atoms with Crippen molar-refractivity contribution in [3.05, 3.63) is 54.1 Å². The van der Waals surface area contributed by atoms with Gasteiger partial charge in [0.25, 0.3) is 0 Å². The summed E-state index contributed by atoms with van der Waals surface area (Å²) in [5, 5.41) is 10.5. The number of amides is 2. The maximum atomic E-state index is 13.1. The molecule has 2 aliphatic heterocycles. The fourth-order valence-electron chi connectivity index (χ4n) is 5.19. The predicted molar refractivity (Wildman–Crippen MR) is 132 cm³/mol. The molecular formula is C26H33N5O2. The highest BCUT2D eigenvalue weighted by atomic mass is 16.5. The Hall–Kier alpha value is -3.22. The van der Waals surface area contributed by atoms with E-state index < -0.39 is 0 Å². The number of rotatable bonds is 4. The molecule has 1 unspecified atom stereocenters. The minimum absolute atomic E-state index is 0.0363. The summed E-state index contributed by atoms with van der Waals surface area (Å²) < 4.78 is 5.22. The minimum atomic E-state index is -0.382. The Morgan fingerprint density at radius 2 is 1.88 bits per heavy atom. The van der Waals surface area contributed by atoms with Gasteiger partial charge in [0.2, 0.25) is 0 Å². The van der Waals surface area contributed by atoms with Gasteiger partial charge in [-0.25, -0.2) is 4.79 Å². The summed E-state index contributed by atoms with van der Waals surface area (Å²) in [6, 6.07) is 16.4. The van der Waals surface area contributed by atoms with Gasteiger partial charge in [-0.15, -0.1) is 0 Å². The summed E-state index contributed by atoms with van der Waals surface area (Å²) in [7, 11) is 1.65. The van der Waals surface area contributed by atoms with E-state index in [1.807, 2.05) is 41.3 Å². The lowest BCUT2D eigenvalue weighted by Crippen LogP contribution is -2.63. The van der Waals surface area contributed by atoms with E-state index >= 15 is 0 Å². The van der Waals surface area contributed by atoms with Crippen LogP contribution in [0.4, 0.5) is 16.2 Å². The lowest BCUT2D eigenvalue weighted by molar-refractivity contribution is 0.173. The first kappa shape index (κ1) is 21.6. The van der Waals surface area contributed by atoms with E-state index in [9.17, 15) is 4.79 Å². The third kappa shape index (κ3) is 4.63. The summed E-state index contributed by atoms with van der Waals surface area (Å²) in [4.78, 5) is 20.2. The number of ether oxygens (including phenoxy) is 1. The monoisotopic (exact) mass is 447 g/mol. The number of carbonyl (C=O) groups is 1. The highest BCUT2D eigenvalue weighted by Gasteiger charge is 2.45. The second kappa shape index (κ2) is 9.33. The number of hydrogen-bond acceptors (Lipinski definition) is 4. The molecule has 0 aromatic heterocycles. The van der Waals surface area contributed by atoms with Crippen molar-refractivity contribution < 1.29 is 9.53 Å². The number of benzene rings is 2. The zero-order valence-electron chi connectivity index (χ0n) is 19.3. The van der Waals surface area contributed by atoms with E-state index in [2.05, 4.69) is 28.1 Å². The maximum Gasteiger partial charge on any atom is 0.317 e. The zero-order chi connectivity index (χ0) is 22.7. The molecule has 1 aliphatic carbocycles. The van der Waals surface area contributed by atoms with E-state index in [-0.39, 0.29) is 11.6 Å². The van der Waals surface area contributed by atoms with Crippen LogP contribution in [0.25, 0.3) is 0 Å². The molecule has 3 aliphatic rings. The predicted octanol–water partition coefficient (Wildman–Crippen LogP) is 4.62. The number of methoxy groups -OCH3 is 1. The molecule has 1 spiro atoms. The van der Waals surface area contributed by atoms with Gasteiger partial charge in [0.05, 0.1) is 31.1 Å². The molecule has 2 heterocycles. The van der Waals surface area contributed by atoms with Gasteiger partial charge in [0, 0.05) is 13.1 Å². The molecule has 7 heteroatoms. The molecule has 0 bridgehead atoms. The van der Waals surface area contributed by atoms with Crippen molar-refractivity contribution in [1.82, 2.24) is 10.2 Å². The van der Waals surface area contributed by atoms with Crippen molar-refractivity contribution in [1.29, 1.82) is 0 Å². The second-order valence-electron chi connectivity index (χ2n) is 9.33. The zero-order valence-corrected chi connectivity index (χ0v) is 19.3. The molecule has 0 radical (unpaired) electrons. The number of nitrogens with zero attached hydrogens (tertiary/aromatic N) is 2. The molecule has 2 fully saturated rings. The van der Waals surface area contributed by atoms with E-state index in [1.165, 1.54) is 12.8 Å². The molecule has 3 N–H and O–H groups in total. The third-order valence-corrected chi connectivity index (χ3v) is 7.03. The van der Waals surface area contributed by atoms with Crippen LogP contribution >= 0.6 is 0 Å². The van der Waals surface area contributed by atoms with E-state index in [0.29, 0.717) is 19.1 Å². The van der Waals surface area contributed by atoms with E-state index in [1.54, 1.807) is 7.11 Å². The Balaban J connectivity index is 1.33. The van der Waals surface area contributed by atoms with Gasteiger partial charge < -0.3 is 25.6 Å². The minimum Gasteiger partial charge on any atom is -0.497 e. The first-order chi connectivity index (χ1) is 16.1. The van der Waals surface area contributed by atoms with Crippen LogP contribution in [0.15, 0.2) is 53.5 Å². The van der Waals surface area contributed by atoms with Gasteiger partial charge in [-0.3, -0.25) is 4.99 Å². The number of amidine groups is 1. The summed E-state index contributed by atoms with van der Waals surface area (Å²) in [6.07, 6.45) is 6.67. The van der Waals surface area contributed by atoms with Crippen LogP contribution < -0.4 is 20.7 Å². The first-order valence-corrected chi connectivity index (χ1v) is 12.0. The van der Waals surface area contributed by atoms with Crippen LogP contribution in [0.3, 0.4) is 0 Å². The number of likely N-dealkylation sites (tertiary alicyclic amines) is 1. The average Bonchev–Trinajstić information content (AvgIpc) is 3.37. The smallest absolute Gasteiger partial charge is 0.317 e. The van der Waals surface area contributed by atoms with Crippen molar-refractivity contribution in [3.63, 3.8) is 0 Å². The summed E-state index contributed by atoms with van der Waals surface area (Å²) >= 11 is 0. The highest BCUT2D eigenvalue weighted by molar-refractivity contribution is 6.10. The fourth-order valence-corrected chi connectivity index (χ4v) is 5.19. The Kier molecular flexibility index (Phi) is 6.11. The van der Waals surface area contributed by atoms with Crippen molar-refractivity contribution >= 4 is 23.2 Å². The number of nitrogens with one attached hydrogen (secondary N) is 3. The quantitative estimate of drug-likeness (QED) is 0.639. The third-order valence-electron chi connectivity index (χ3n) is 7.03. The van der Waals surface area contributed by atoms with Gasteiger partial charge in [-0.2, -0.15) is 0 Å². The topological polar surface area (TPSA) is 78.0 Å². The average molecular weight is 448 g/mol. The molecular weight excluding hydrogens is 414 g/mol. The Bertz CT molecular complexity index is 1020. The van der Waals surface area contributed by atoms with Crippen molar-refractivity contribution in [2.75, 3.05) is 30.8 Å². The van der Waals surface area contributed by atoms with Crippen LogP contribution in [-0.4, -0.2) is 48.5 Å². The largest absolute Gasteiger partial charge is 0.497 e. The van der Waals surface area contributed by atoms with Gasteiger partial charge in [-0.1, -0.05) is 37.1 Å². The molecule has 2 aromatic rings. The van der Waals surface area contributed by atoms with Crippen molar-refractivity contribution in [2.24, 2.45) is 4.99 Å². The van der Waals surface area contributed by atoms with Crippen LogP contribution in [0.1, 0.15) is 44.1 Å². The Labute approximate surface area is 195 Å². The van der Waals surface area contributed by atoms with Gasteiger partial charge >= 0.3 is 6.03 Å². The molecule has 7 nitrogen and oxygen atoms in total. The maximum absolute atomic E-state index is 13.1. The van der Waals surface area contributed by atoms with Gasteiger partial charge in [0.1, 0.15) is 17.1 Å². The van der Waals surface area contributed by atoms with Crippen molar-refractivity contribution in [3.8, 4) is 5.75 Å². The Morgan fingerprint density at radius 3 is 2.64 bits per heavy atom. The normalized spacial score (nSPS) is 23.7. The van der Waals surface area contributed by atoms with Crippen LogP contribution in [-0.2, 0) is 6.54 Å². The molecule has 2 amide bonds. The molecule has 5 rings (SSSR count). The molecule has 1 saturated heterocycles. The summed E-state index contributed by atoms with van der Waals surface area (Å²) in [5.41, 5.74) is 2.79. The van der Waals surface area contributed by atoms with Crippen molar-refractivity contribution in [2.45, 2.75) is 56.7 Å². The van der Waals surface area contributed by atoms with E-state index in [0.717, 1.165) is 60.8 Å². The Morgan fingerprint density at radius 1 is 1.12 bits per heavy atom. The molecule has 2 aromatic carbocycles. The molecule has 33 heavy (non-hydrogen) atoms. The van der Waals surface area contributed by atoms with Gasteiger partial charge in [0.15, 0.2) is 0 Å². The van der Waals surface area contributed by atoms with E-state index in [4.69, 9.17) is 9.73 Å². The number of fused-ring (bicyclic) bond motifs is 1. The number of aliphatic imine (C=N–C) groups is 1. The first-order valence-electron chi connectivity index (χ1n) is 12.0. The summed E-state index contributed by atoms with van der Waals surface area (Å²) in [6.45, 7) is 1.83. The van der Waals surface area contributed by atoms with Crippen LogP contribution in [0, 0.1) is 0 Å². The molecule has 174 valence electrons. The number of urea groups is 1. The summed E-state index contributed by atoms with van der Waals surface area (Å²) in [5.74, 6) is 1.80. The number of piperidine rings is 1. The SMILES string of the molecule is COc1ccc(CNC(=O)N2CCCC3(C2)Nc2ccccc2NC3=NC2CCCC2)cc1. The second-order valence-corrected chi connectivity index (χ2v) is 9.33. The molecule has 1 atom stereocenters. The fraction of sp³-hybridized carbons (Fsp3) is 0.462. The number of carbonyl (C=O) groups excluding carboxylic acids is 1. The lowest BCUT2D eigenvalue weighted by Gasteiger charge is -2.47. The molecule has 1 saturated carbocycles. The number of anilines is 2. The number of hydrogen-bond donors (Lipinski definition) is 3. The van der Waals surface area contributed by atoms with Gasteiger partial charge in [-0.05, 0) is 55.5 Å². The standard InChI is InChI=1S/C26H33N5O2/c1-33-21-13-11-19(12-14-21)17-27-25(32)31-16-6-15-26(18-31)24(28-20-7-2-3-8-20)29-22-9-4-5-10-23(22)30-26/h4-5,9-14,20,30H,2-3,6-8,15-18H2,1H3,(H,27,32)(H,28,29). The highest BCUT2D eigenvalue weighted by Crippen LogP contribution is 2.37. The number of para-hydroxylation sites is 2. The van der Waals surface area contributed by atoms with Crippen LogP contribution in [0.5, 0.6) is 5.75 Å².